The highest BCUT2D eigenvalue weighted by Crippen LogP contribution is 2.12. The third-order valence-electron chi connectivity index (χ3n) is 4.26. The molecule has 8 heteroatoms. The molecular formula is C20H33N5O3. The molecule has 0 radical (unpaired) electrons. The third kappa shape index (κ3) is 9.14. The lowest BCUT2D eigenvalue weighted by molar-refractivity contribution is -0.116. The average molecular weight is 392 g/mol. The summed E-state index contributed by atoms with van der Waals surface area (Å²) in [6.07, 6.45) is 4.03. The maximum atomic E-state index is 12.0. The monoisotopic (exact) mass is 391 g/mol. The van der Waals surface area contributed by atoms with Gasteiger partial charge in [-0.3, -0.25) is 9.79 Å². The normalized spacial score (nSPS) is 16.8. The number of ether oxygens (including phenoxy) is 2. The van der Waals surface area contributed by atoms with Gasteiger partial charge in [-0.15, -0.1) is 0 Å². The molecule has 0 aliphatic carbocycles. The van der Waals surface area contributed by atoms with E-state index in [2.05, 4.69) is 25.9 Å². The van der Waals surface area contributed by atoms with Crippen LogP contribution in [0.25, 0.3) is 0 Å². The molecule has 1 amide bonds. The molecule has 1 aromatic rings. The van der Waals surface area contributed by atoms with Gasteiger partial charge in [0.1, 0.15) is 5.82 Å². The van der Waals surface area contributed by atoms with Crippen molar-refractivity contribution in [1.29, 1.82) is 0 Å². The van der Waals surface area contributed by atoms with E-state index in [0.29, 0.717) is 43.8 Å². The minimum atomic E-state index is -0.0796. The van der Waals surface area contributed by atoms with Crippen LogP contribution in [0.15, 0.2) is 23.3 Å². The van der Waals surface area contributed by atoms with Gasteiger partial charge in [0.2, 0.25) is 5.91 Å². The zero-order valence-corrected chi connectivity index (χ0v) is 17.0. The fraction of sp³-hybridized carbons (Fsp3) is 0.650. The molecule has 3 N–H and O–H groups in total. The molecule has 1 unspecified atom stereocenters. The van der Waals surface area contributed by atoms with Crippen LogP contribution in [0.3, 0.4) is 0 Å². The summed E-state index contributed by atoms with van der Waals surface area (Å²) < 4.78 is 11.0. The molecule has 2 heterocycles. The number of nitrogens with zero attached hydrogens (tertiary/aromatic N) is 2. The minimum Gasteiger partial charge on any atom is -0.381 e. The van der Waals surface area contributed by atoms with Gasteiger partial charge in [-0.2, -0.15) is 0 Å². The van der Waals surface area contributed by atoms with E-state index in [0.717, 1.165) is 44.8 Å². The molecule has 28 heavy (non-hydrogen) atoms. The quantitative estimate of drug-likeness (QED) is 0.302. The van der Waals surface area contributed by atoms with Crippen molar-refractivity contribution in [2.75, 3.05) is 51.4 Å². The predicted molar refractivity (Wildman–Crippen MR) is 111 cm³/mol. The van der Waals surface area contributed by atoms with Crippen molar-refractivity contribution in [2.24, 2.45) is 10.9 Å². The summed E-state index contributed by atoms with van der Waals surface area (Å²) in [6, 6.07) is 3.72. The Kier molecular flexibility index (Phi) is 10.3. The number of hydrogen-bond donors (Lipinski definition) is 3. The highest BCUT2D eigenvalue weighted by molar-refractivity contribution is 5.90. The smallest absolute Gasteiger partial charge is 0.227 e. The summed E-state index contributed by atoms with van der Waals surface area (Å²) in [4.78, 5) is 20.7. The number of aromatic nitrogens is 1. The molecule has 0 spiro atoms. The largest absolute Gasteiger partial charge is 0.381 e. The maximum Gasteiger partial charge on any atom is 0.227 e. The summed E-state index contributed by atoms with van der Waals surface area (Å²) in [5.74, 6) is 1.75. The van der Waals surface area contributed by atoms with Crippen LogP contribution in [-0.2, 0) is 14.3 Å². The minimum absolute atomic E-state index is 0.0796. The Morgan fingerprint density at radius 1 is 1.39 bits per heavy atom. The van der Waals surface area contributed by atoms with E-state index in [1.807, 2.05) is 19.9 Å². The molecule has 8 nitrogen and oxygen atoms in total. The number of carbonyl (C=O) groups excluding carboxylic acids is 1. The van der Waals surface area contributed by atoms with E-state index in [4.69, 9.17) is 9.47 Å². The Bertz CT molecular complexity index is 600. The molecule has 0 aromatic carbocycles. The number of pyridine rings is 1. The summed E-state index contributed by atoms with van der Waals surface area (Å²) in [5.41, 5.74) is 1.06. The second-order valence-electron chi connectivity index (χ2n) is 6.86. The van der Waals surface area contributed by atoms with Gasteiger partial charge in [-0.05, 0) is 38.3 Å². The molecular weight excluding hydrogens is 358 g/mol. The van der Waals surface area contributed by atoms with Gasteiger partial charge >= 0.3 is 0 Å². The number of amides is 1. The van der Waals surface area contributed by atoms with Crippen LogP contribution >= 0.6 is 0 Å². The number of aliphatic imine (C=N–C) groups is 1. The zero-order chi connectivity index (χ0) is 20.0. The van der Waals surface area contributed by atoms with Gasteiger partial charge < -0.3 is 25.4 Å². The van der Waals surface area contributed by atoms with Gasteiger partial charge in [0.25, 0.3) is 0 Å². The Balaban J connectivity index is 1.59. The van der Waals surface area contributed by atoms with E-state index in [9.17, 15) is 4.79 Å². The second kappa shape index (κ2) is 13.1. The number of rotatable bonds is 11. The summed E-state index contributed by atoms with van der Waals surface area (Å²) in [7, 11) is 0. The van der Waals surface area contributed by atoms with Gasteiger partial charge in [-0.25, -0.2) is 4.98 Å². The van der Waals surface area contributed by atoms with Crippen molar-refractivity contribution in [1.82, 2.24) is 15.6 Å². The molecule has 1 aromatic heterocycles. The van der Waals surface area contributed by atoms with Crippen molar-refractivity contribution in [3.8, 4) is 0 Å². The number of anilines is 1. The van der Waals surface area contributed by atoms with Crippen LogP contribution in [-0.4, -0.2) is 62.9 Å². The Morgan fingerprint density at radius 2 is 2.29 bits per heavy atom. The van der Waals surface area contributed by atoms with Crippen molar-refractivity contribution < 1.29 is 14.3 Å². The fourth-order valence-corrected chi connectivity index (χ4v) is 2.71. The van der Waals surface area contributed by atoms with Crippen molar-refractivity contribution in [2.45, 2.75) is 33.1 Å². The third-order valence-corrected chi connectivity index (χ3v) is 4.26. The van der Waals surface area contributed by atoms with E-state index >= 15 is 0 Å². The van der Waals surface area contributed by atoms with Crippen LogP contribution < -0.4 is 16.0 Å². The first kappa shape index (κ1) is 22.1. The first-order valence-electron chi connectivity index (χ1n) is 10.1. The Hall–Kier alpha value is -2.19. The number of carbonyl (C=O) groups is 1. The summed E-state index contributed by atoms with van der Waals surface area (Å²) in [6.45, 7) is 9.07. The van der Waals surface area contributed by atoms with Gasteiger partial charge in [0, 0.05) is 51.4 Å². The average Bonchev–Trinajstić information content (AvgIpc) is 3.20. The van der Waals surface area contributed by atoms with Crippen LogP contribution in [0.4, 0.5) is 5.82 Å². The van der Waals surface area contributed by atoms with Crippen molar-refractivity contribution >= 4 is 17.7 Å². The molecule has 1 aliphatic heterocycles. The van der Waals surface area contributed by atoms with Crippen molar-refractivity contribution in [3.05, 3.63) is 23.9 Å². The molecule has 1 fully saturated rings. The van der Waals surface area contributed by atoms with Crippen LogP contribution in [0.2, 0.25) is 0 Å². The number of hydrogen-bond acceptors (Lipinski definition) is 5. The fourth-order valence-electron chi connectivity index (χ4n) is 2.71. The topological polar surface area (TPSA) is 96.9 Å². The predicted octanol–water partition coefficient (Wildman–Crippen LogP) is 1.72. The molecule has 156 valence electrons. The Morgan fingerprint density at radius 3 is 3.00 bits per heavy atom. The second-order valence-corrected chi connectivity index (χ2v) is 6.86. The van der Waals surface area contributed by atoms with Gasteiger partial charge in [0.15, 0.2) is 5.96 Å². The first-order valence-corrected chi connectivity index (χ1v) is 10.1. The van der Waals surface area contributed by atoms with Crippen LogP contribution in [0.5, 0.6) is 0 Å². The molecule has 0 saturated carbocycles. The molecule has 0 bridgehead atoms. The molecule has 1 aliphatic rings. The summed E-state index contributed by atoms with van der Waals surface area (Å²) >= 11 is 0. The number of guanidine groups is 1. The highest BCUT2D eigenvalue weighted by Gasteiger charge is 2.15. The lowest BCUT2D eigenvalue weighted by atomic mass is 10.1. The lowest BCUT2D eigenvalue weighted by Crippen LogP contribution is -2.38. The molecule has 1 saturated heterocycles. The first-order chi connectivity index (χ1) is 13.7. The Labute approximate surface area is 167 Å². The van der Waals surface area contributed by atoms with Gasteiger partial charge in [-0.1, -0.05) is 6.07 Å². The lowest BCUT2D eigenvalue weighted by Gasteiger charge is -2.12. The SMILES string of the molecule is CCNC(=NCCCOCC1CCOC1)NCCC(=O)Nc1ccc(C)cn1. The van der Waals surface area contributed by atoms with Gasteiger partial charge in [0.05, 0.1) is 13.2 Å². The van der Waals surface area contributed by atoms with Crippen molar-refractivity contribution in [3.63, 3.8) is 0 Å². The summed E-state index contributed by atoms with van der Waals surface area (Å²) in [5, 5.41) is 9.16. The maximum absolute atomic E-state index is 12.0. The number of aryl methyl sites for hydroxylation is 1. The van der Waals surface area contributed by atoms with E-state index in [1.165, 1.54) is 0 Å². The van der Waals surface area contributed by atoms with Crippen LogP contribution in [0, 0.1) is 12.8 Å². The molecule has 2 rings (SSSR count). The van der Waals surface area contributed by atoms with Crippen LogP contribution in [0.1, 0.15) is 31.7 Å². The highest BCUT2D eigenvalue weighted by atomic mass is 16.5. The van der Waals surface area contributed by atoms with E-state index in [-0.39, 0.29) is 5.91 Å². The zero-order valence-electron chi connectivity index (χ0n) is 17.0. The van der Waals surface area contributed by atoms with E-state index < -0.39 is 0 Å². The van der Waals surface area contributed by atoms with E-state index in [1.54, 1.807) is 12.3 Å². The number of nitrogens with one attached hydrogen (secondary N) is 3. The molecule has 1 atom stereocenters. The standard InChI is InChI=1S/C20H33N5O3/c1-3-21-20(22-9-4-11-27-14-17-8-12-28-15-17)23-10-7-19(26)25-18-6-5-16(2)13-24-18/h5-6,13,17H,3-4,7-12,14-15H2,1-2H3,(H2,21,22,23)(H,24,25,26).